The van der Waals surface area contributed by atoms with Crippen LogP contribution >= 0.6 is 0 Å². The van der Waals surface area contributed by atoms with Gasteiger partial charge in [0.2, 0.25) is 0 Å². The summed E-state index contributed by atoms with van der Waals surface area (Å²) >= 11 is 0. The molecule has 7 rings (SSSR count). The first-order valence-electron chi connectivity index (χ1n) is 13.9. The Kier molecular flexibility index (Phi) is 5.23. The summed E-state index contributed by atoms with van der Waals surface area (Å²) in [6.45, 7) is 11.7. The van der Waals surface area contributed by atoms with Crippen molar-refractivity contribution in [1.29, 1.82) is 0 Å². The Morgan fingerprint density at radius 2 is 1.90 bits per heavy atom. The molecule has 4 aliphatic heterocycles. The van der Waals surface area contributed by atoms with E-state index in [4.69, 9.17) is 24.7 Å². The molecule has 0 radical (unpaired) electrons. The maximum Gasteiger partial charge on any atom is 0.410 e. The minimum Gasteiger partial charge on any atom is -0.444 e. The molecule has 0 bridgehead atoms. The van der Waals surface area contributed by atoms with Crippen molar-refractivity contribution in [2.45, 2.75) is 107 Å². The van der Waals surface area contributed by atoms with Crippen LogP contribution in [0.2, 0.25) is 0 Å². The third-order valence-electron chi connectivity index (χ3n) is 9.11. The van der Waals surface area contributed by atoms with E-state index in [0.717, 1.165) is 32.2 Å². The van der Waals surface area contributed by atoms with E-state index < -0.39 is 35.1 Å². The van der Waals surface area contributed by atoms with Gasteiger partial charge in [-0.25, -0.2) is 19.2 Å². The molecular weight excluding hydrogens is 507 g/mol. The number of nitrogen functional groups attached to an aromatic ring is 1. The number of piperidine rings is 1. The van der Waals surface area contributed by atoms with E-state index in [1.807, 2.05) is 39.5 Å². The van der Waals surface area contributed by atoms with Gasteiger partial charge >= 0.3 is 6.09 Å². The van der Waals surface area contributed by atoms with Gasteiger partial charge in [0, 0.05) is 24.8 Å². The Labute approximate surface area is 226 Å². The molecule has 4 saturated heterocycles. The fourth-order valence-corrected chi connectivity index (χ4v) is 7.61. The summed E-state index contributed by atoms with van der Waals surface area (Å²) in [6.07, 6.45) is 5.04. The van der Waals surface area contributed by atoms with Crippen molar-refractivity contribution in [3.8, 4) is 0 Å². The number of anilines is 1. The van der Waals surface area contributed by atoms with Crippen molar-refractivity contribution in [2.75, 3.05) is 25.4 Å². The van der Waals surface area contributed by atoms with Crippen LogP contribution in [0.5, 0.6) is 0 Å². The highest BCUT2D eigenvalue weighted by molar-refractivity contribution is 5.86. The van der Waals surface area contributed by atoms with Crippen molar-refractivity contribution in [2.24, 2.45) is 0 Å². The van der Waals surface area contributed by atoms with Crippen LogP contribution in [0.15, 0.2) is 12.5 Å². The zero-order valence-electron chi connectivity index (χ0n) is 23.1. The second-order valence-corrected chi connectivity index (χ2v) is 13.1. The Morgan fingerprint density at radius 1 is 1.15 bits per heavy atom. The molecule has 6 heterocycles. The zero-order chi connectivity index (χ0) is 27.5. The molecule has 39 heavy (non-hydrogen) atoms. The van der Waals surface area contributed by atoms with Gasteiger partial charge in [0.1, 0.15) is 35.6 Å². The number of fused-ring (bicyclic) bond motifs is 1. The monoisotopic (exact) mass is 544 g/mol. The molecule has 212 valence electrons. The fraction of sp³-hybridized carbons (Fsp3) is 0.741. The van der Waals surface area contributed by atoms with Gasteiger partial charge in [0.15, 0.2) is 23.5 Å². The lowest BCUT2D eigenvalue weighted by Gasteiger charge is -2.46. The largest absolute Gasteiger partial charge is 0.444 e. The molecule has 5 fully saturated rings. The molecule has 5 atom stereocenters. The normalized spacial score (nSPS) is 35.0. The molecule has 2 N–H and O–H groups in total. The summed E-state index contributed by atoms with van der Waals surface area (Å²) < 4.78 is 42.0. The third kappa shape index (κ3) is 3.64. The first-order valence-corrected chi connectivity index (χ1v) is 13.9. The zero-order valence-corrected chi connectivity index (χ0v) is 23.1. The average Bonchev–Trinajstić information content (AvgIpc) is 3.23. The Bertz CT molecular complexity index is 1330. The number of ether oxygens (including phenoxy) is 4. The number of nitrogens with zero attached hydrogens (tertiary/aromatic N) is 5. The standard InChI is InChI=1S/C27H37FN6O5/c1-24(2,3)38-23(35)32-11-8-26(9-12-32)7-6-10-34(26)17-18-27(17)19(37-25(4,5)39-27)22(36-18)33-13-15(28)16-20(29)30-14-31-21(16)33/h13-14,17-19,22H,6-12H2,1-5H3,(H2,29,30,31)/t17?,18-,19+,22-,27-/m1/s1. The highest BCUT2D eigenvalue weighted by Crippen LogP contribution is 2.67. The van der Waals surface area contributed by atoms with Crippen molar-refractivity contribution in [3.63, 3.8) is 0 Å². The van der Waals surface area contributed by atoms with Gasteiger partial charge in [-0.2, -0.15) is 0 Å². The van der Waals surface area contributed by atoms with Crippen LogP contribution in [0.25, 0.3) is 11.0 Å². The maximum absolute atomic E-state index is 14.9. The van der Waals surface area contributed by atoms with Gasteiger partial charge in [-0.15, -0.1) is 0 Å². The minimum absolute atomic E-state index is 0.0162. The molecule has 1 amide bonds. The second-order valence-electron chi connectivity index (χ2n) is 13.1. The number of aromatic nitrogens is 3. The number of carbonyl (C=O) groups excluding carboxylic acids is 1. The van der Waals surface area contributed by atoms with Gasteiger partial charge in [0.05, 0.1) is 11.4 Å². The number of amides is 1. The third-order valence-corrected chi connectivity index (χ3v) is 9.11. The topological polar surface area (TPSA) is 117 Å². The molecule has 11 nitrogen and oxygen atoms in total. The van der Waals surface area contributed by atoms with Crippen LogP contribution < -0.4 is 5.73 Å². The SMILES string of the molecule is CC(C)(C)OC(=O)N1CCC2(CCCN2C2[C@H]3O[C@@H](n4cc(F)c5c(N)ncnc54)[C@@H]4OC(C)(C)O[C@]234)CC1. The van der Waals surface area contributed by atoms with Crippen LogP contribution in [0.1, 0.15) is 66.5 Å². The number of hydrogen-bond donors (Lipinski definition) is 1. The minimum atomic E-state index is -0.817. The molecule has 1 aliphatic carbocycles. The molecule has 12 heteroatoms. The molecule has 2 spiro atoms. The summed E-state index contributed by atoms with van der Waals surface area (Å²) in [4.78, 5) is 25.3. The van der Waals surface area contributed by atoms with E-state index in [9.17, 15) is 9.18 Å². The second kappa shape index (κ2) is 8.02. The predicted octanol–water partition coefficient (Wildman–Crippen LogP) is 3.19. The quantitative estimate of drug-likeness (QED) is 0.608. The van der Waals surface area contributed by atoms with Gasteiger partial charge < -0.3 is 34.1 Å². The molecule has 1 unspecified atom stereocenters. The Hall–Kier alpha value is -2.54. The number of carbonyl (C=O) groups is 1. The number of nitrogens with two attached hydrogens (primary N) is 1. The number of rotatable bonds is 2. The lowest BCUT2D eigenvalue weighted by Crippen LogP contribution is -2.56. The van der Waals surface area contributed by atoms with E-state index in [1.165, 1.54) is 12.5 Å². The highest BCUT2D eigenvalue weighted by Gasteiger charge is 2.85. The van der Waals surface area contributed by atoms with Crippen LogP contribution in [-0.2, 0) is 18.9 Å². The predicted molar refractivity (Wildman–Crippen MR) is 138 cm³/mol. The van der Waals surface area contributed by atoms with Crippen molar-refractivity contribution in [3.05, 3.63) is 18.3 Å². The summed E-state index contributed by atoms with van der Waals surface area (Å²) in [6, 6.07) is 0.0162. The van der Waals surface area contributed by atoms with Gasteiger partial charge in [0.25, 0.3) is 0 Å². The van der Waals surface area contributed by atoms with Crippen LogP contribution in [-0.4, -0.2) is 90.8 Å². The van der Waals surface area contributed by atoms with Crippen molar-refractivity contribution < 1.29 is 28.1 Å². The summed E-state index contributed by atoms with van der Waals surface area (Å²) in [7, 11) is 0. The number of likely N-dealkylation sites (tertiary alicyclic amines) is 2. The van der Waals surface area contributed by atoms with Crippen LogP contribution in [0.4, 0.5) is 15.0 Å². The van der Waals surface area contributed by atoms with E-state index >= 15 is 0 Å². The van der Waals surface area contributed by atoms with Gasteiger partial charge in [-0.3, -0.25) is 4.90 Å². The van der Waals surface area contributed by atoms with Gasteiger partial charge in [-0.05, 0) is 66.8 Å². The lowest BCUT2D eigenvalue weighted by molar-refractivity contribution is -0.183. The molecule has 5 aliphatic rings. The van der Waals surface area contributed by atoms with Crippen molar-refractivity contribution >= 4 is 22.9 Å². The van der Waals surface area contributed by atoms with E-state index in [0.29, 0.717) is 18.7 Å². The first kappa shape index (κ1) is 25.4. The summed E-state index contributed by atoms with van der Waals surface area (Å²) in [5, 5.41) is 0.181. The smallest absolute Gasteiger partial charge is 0.410 e. The molecule has 2 aromatic heterocycles. The Balaban J connectivity index is 1.15. The van der Waals surface area contributed by atoms with Crippen LogP contribution in [0, 0.1) is 5.82 Å². The van der Waals surface area contributed by atoms with E-state index in [-0.39, 0.29) is 35.0 Å². The van der Waals surface area contributed by atoms with Crippen LogP contribution in [0.3, 0.4) is 0 Å². The lowest BCUT2D eigenvalue weighted by atomic mass is 9.84. The summed E-state index contributed by atoms with van der Waals surface area (Å²) in [5.41, 5.74) is 5.11. The molecular formula is C27H37FN6O5. The first-order chi connectivity index (χ1) is 18.4. The number of halogens is 1. The molecule has 0 aromatic carbocycles. The van der Waals surface area contributed by atoms with E-state index in [2.05, 4.69) is 14.9 Å². The average molecular weight is 545 g/mol. The Morgan fingerprint density at radius 3 is 2.62 bits per heavy atom. The highest BCUT2D eigenvalue weighted by atomic mass is 19.1. The van der Waals surface area contributed by atoms with Crippen molar-refractivity contribution in [1.82, 2.24) is 24.3 Å². The maximum atomic E-state index is 14.9. The molecule has 2 aromatic rings. The van der Waals surface area contributed by atoms with E-state index in [1.54, 1.807) is 4.57 Å². The number of hydrogen-bond acceptors (Lipinski definition) is 9. The summed E-state index contributed by atoms with van der Waals surface area (Å²) in [5.74, 6) is -1.22. The molecule has 1 saturated carbocycles. The fourth-order valence-electron chi connectivity index (χ4n) is 7.61. The van der Waals surface area contributed by atoms with Gasteiger partial charge in [-0.1, -0.05) is 0 Å².